The number of ketones is 2. The summed E-state index contributed by atoms with van der Waals surface area (Å²) < 4.78 is 0. The molecule has 7 heteroatoms. The van der Waals surface area contributed by atoms with E-state index in [1.54, 1.807) is 0 Å². The van der Waals surface area contributed by atoms with E-state index in [-0.39, 0.29) is 28.5 Å². The Bertz CT molecular complexity index is 962. The second-order valence-electron chi connectivity index (χ2n) is 18.9. The van der Waals surface area contributed by atoms with Crippen LogP contribution < -0.4 is 5.32 Å². The van der Waals surface area contributed by atoms with Gasteiger partial charge in [0.05, 0.1) is 5.92 Å². The molecule has 6 nitrogen and oxygen atoms in total. The van der Waals surface area contributed by atoms with Gasteiger partial charge in [0.15, 0.2) is 0 Å². The average molecular weight is 878 g/mol. The Labute approximate surface area is 383 Å². The second-order valence-corrected chi connectivity index (χ2v) is 20.3. The van der Waals surface area contributed by atoms with Crippen LogP contribution in [0.1, 0.15) is 297 Å². The smallest absolute Gasteiger partial charge is 0.327 e. The third-order valence-electron chi connectivity index (χ3n) is 12.9. The number of amides is 1. The van der Waals surface area contributed by atoms with Crippen molar-refractivity contribution in [1.82, 2.24) is 5.32 Å². The predicted octanol–water partition coefficient (Wildman–Crippen LogP) is 16.9. The molecule has 0 aromatic carbocycles. The molecule has 0 fully saturated rings. The molecule has 2 atom stereocenters. The molecule has 1 unspecified atom stereocenters. The van der Waals surface area contributed by atoms with Crippen LogP contribution in [0.4, 0.5) is 0 Å². The highest BCUT2D eigenvalue weighted by Crippen LogP contribution is 2.27. The van der Waals surface area contributed by atoms with E-state index in [1.807, 2.05) is 6.92 Å². The van der Waals surface area contributed by atoms with Crippen LogP contribution in [0, 0.1) is 5.92 Å². The molecule has 0 rings (SSSR count). The van der Waals surface area contributed by atoms with Gasteiger partial charge in [0.25, 0.3) is 0 Å². The van der Waals surface area contributed by atoms with Gasteiger partial charge in [-0.05, 0) is 19.3 Å². The van der Waals surface area contributed by atoms with Crippen molar-refractivity contribution in [1.29, 1.82) is 0 Å². The number of Topliss-reactive ketones (excluding diaryl/α,β-unsaturated/α-hetero) is 2. The van der Waals surface area contributed by atoms with Crippen LogP contribution in [0.15, 0.2) is 0 Å². The van der Waals surface area contributed by atoms with Crippen LogP contribution in [-0.4, -0.2) is 45.6 Å². The summed E-state index contributed by atoms with van der Waals surface area (Å²) in [5.74, 6) is -1.82. The number of nitrogens with one attached hydrogen (secondary N) is 1. The molecule has 2 N–H and O–H groups in total. The van der Waals surface area contributed by atoms with Gasteiger partial charge in [-0.3, -0.25) is 14.4 Å². The van der Waals surface area contributed by atoms with Crippen molar-refractivity contribution in [2.45, 2.75) is 309 Å². The maximum atomic E-state index is 13.7. The lowest BCUT2D eigenvalue weighted by Crippen LogP contribution is -2.43. The monoisotopic (exact) mass is 878 g/mol. The maximum absolute atomic E-state index is 13.7. The molecule has 0 aliphatic rings. The Morgan fingerprint density at radius 1 is 0.393 bits per heavy atom. The van der Waals surface area contributed by atoms with E-state index < -0.39 is 17.9 Å². The van der Waals surface area contributed by atoms with Crippen molar-refractivity contribution in [3.8, 4) is 0 Å². The summed E-state index contributed by atoms with van der Waals surface area (Å²) in [6.45, 7) is 8.69. The number of aliphatic carboxylic acids is 1. The zero-order valence-corrected chi connectivity index (χ0v) is 41.9. The fourth-order valence-electron chi connectivity index (χ4n) is 8.74. The van der Waals surface area contributed by atoms with E-state index >= 15 is 0 Å². The van der Waals surface area contributed by atoms with Crippen LogP contribution in [0.25, 0.3) is 0 Å². The van der Waals surface area contributed by atoms with Gasteiger partial charge in [-0.2, -0.15) is 11.8 Å². The highest BCUT2D eigenvalue weighted by atomic mass is 32.2. The third-order valence-corrected chi connectivity index (χ3v) is 14.2. The summed E-state index contributed by atoms with van der Waals surface area (Å²) in [5, 5.41) is 12.4. The molecule has 0 aromatic heterocycles. The summed E-state index contributed by atoms with van der Waals surface area (Å²) in [6, 6.07) is -1.03. The van der Waals surface area contributed by atoms with E-state index in [2.05, 4.69) is 26.1 Å². The molecular formula is C54H103NO5S. The van der Waals surface area contributed by atoms with Gasteiger partial charge in [-0.25, -0.2) is 4.79 Å². The van der Waals surface area contributed by atoms with Crippen molar-refractivity contribution in [2.75, 3.05) is 5.75 Å². The fraction of sp³-hybridized carbons (Fsp3) is 0.926. The Morgan fingerprint density at radius 3 is 0.902 bits per heavy atom. The van der Waals surface area contributed by atoms with E-state index in [4.69, 9.17) is 0 Å². The molecule has 1 amide bonds. The van der Waals surface area contributed by atoms with Crippen molar-refractivity contribution < 1.29 is 24.3 Å². The standard InChI is InChI=1S/C54H103NO5S/c1-5-8-11-14-17-20-23-26-29-32-35-38-41-44-50(56)53(51(57)45-42-39-36-33-30-27-24-21-18-15-12-9-6-2)48(4)61-47-49(54(59)60)55-52(58)46-43-40-37-34-31-28-25-22-19-16-13-10-7-3/h48-49,53H,5-47H2,1-4H3,(H,55,58)(H,59,60)/t48?,49-/m0/s1. The first kappa shape index (κ1) is 59.6. The van der Waals surface area contributed by atoms with E-state index in [0.29, 0.717) is 19.3 Å². The minimum absolute atomic E-state index is 0.0149. The Hall–Kier alpha value is -1.37. The number of carbonyl (C=O) groups excluding carboxylic acids is 3. The number of carbonyl (C=O) groups is 4. The van der Waals surface area contributed by atoms with Gasteiger partial charge < -0.3 is 10.4 Å². The largest absolute Gasteiger partial charge is 0.480 e. The number of carboxylic acids is 1. The highest BCUT2D eigenvalue weighted by Gasteiger charge is 2.32. The molecule has 0 spiro atoms. The summed E-state index contributed by atoms with van der Waals surface area (Å²) >= 11 is 1.35. The molecule has 0 bridgehead atoms. The molecular weight excluding hydrogens is 775 g/mol. The quantitative estimate of drug-likeness (QED) is 0.0466. The fourth-order valence-corrected chi connectivity index (χ4v) is 9.95. The number of carboxylic acid groups (broad SMARTS) is 1. The van der Waals surface area contributed by atoms with Crippen LogP contribution in [-0.2, 0) is 19.2 Å². The summed E-state index contributed by atoms with van der Waals surface area (Å²) in [5.41, 5.74) is 0. The van der Waals surface area contributed by atoms with Crippen LogP contribution in [0.5, 0.6) is 0 Å². The molecule has 61 heavy (non-hydrogen) atoms. The van der Waals surface area contributed by atoms with Gasteiger partial charge in [0.2, 0.25) is 5.91 Å². The average Bonchev–Trinajstić information content (AvgIpc) is 3.24. The predicted molar refractivity (Wildman–Crippen MR) is 266 cm³/mol. The SMILES string of the molecule is CCCCCCCCCCCCCCCC(=O)N[C@@H](CSC(C)C(C(=O)CCCCCCCCCCCCCCC)C(=O)CCCCCCCCCCCCCCC)C(=O)O. The minimum Gasteiger partial charge on any atom is -0.480 e. The van der Waals surface area contributed by atoms with Crippen molar-refractivity contribution in [3.63, 3.8) is 0 Å². The van der Waals surface area contributed by atoms with Crippen LogP contribution >= 0.6 is 11.8 Å². The number of thioether (sulfide) groups is 1. The van der Waals surface area contributed by atoms with Gasteiger partial charge in [0.1, 0.15) is 17.6 Å². The number of hydrogen-bond donors (Lipinski definition) is 2. The third kappa shape index (κ3) is 39.9. The van der Waals surface area contributed by atoms with Gasteiger partial charge in [0, 0.05) is 30.3 Å². The first-order valence-corrected chi connectivity index (χ1v) is 28.0. The van der Waals surface area contributed by atoms with Crippen molar-refractivity contribution in [2.24, 2.45) is 5.92 Å². The van der Waals surface area contributed by atoms with Gasteiger partial charge >= 0.3 is 5.97 Å². The minimum atomic E-state index is -1.06. The van der Waals surface area contributed by atoms with Gasteiger partial charge in [-0.15, -0.1) is 0 Å². The van der Waals surface area contributed by atoms with Crippen LogP contribution in [0.3, 0.4) is 0 Å². The Kier molecular flexibility index (Phi) is 45.6. The molecule has 360 valence electrons. The molecule has 0 saturated heterocycles. The molecule has 0 saturated carbocycles. The highest BCUT2D eigenvalue weighted by molar-refractivity contribution is 8.00. The molecule has 0 aromatic rings. The Morgan fingerprint density at radius 2 is 0.639 bits per heavy atom. The summed E-state index contributed by atoms with van der Waals surface area (Å²) in [7, 11) is 0. The zero-order valence-electron chi connectivity index (χ0n) is 41.1. The molecule has 0 radical (unpaired) electrons. The van der Waals surface area contributed by atoms with Gasteiger partial charge in [-0.1, -0.05) is 259 Å². The van der Waals surface area contributed by atoms with E-state index in [0.717, 1.165) is 57.8 Å². The first-order valence-electron chi connectivity index (χ1n) is 27.0. The molecule has 0 aliphatic heterocycles. The lowest BCUT2D eigenvalue weighted by Gasteiger charge is -2.23. The lowest BCUT2D eigenvalue weighted by molar-refractivity contribution is -0.141. The van der Waals surface area contributed by atoms with Crippen molar-refractivity contribution >= 4 is 35.2 Å². The second kappa shape index (κ2) is 46.6. The van der Waals surface area contributed by atoms with Crippen molar-refractivity contribution in [3.05, 3.63) is 0 Å². The summed E-state index contributed by atoms with van der Waals surface area (Å²) in [4.78, 5) is 52.4. The van der Waals surface area contributed by atoms with Crippen LogP contribution in [0.2, 0.25) is 0 Å². The number of hydrogen-bond acceptors (Lipinski definition) is 5. The maximum Gasteiger partial charge on any atom is 0.327 e. The normalized spacial score (nSPS) is 12.5. The first-order chi connectivity index (χ1) is 29.8. The number of unbranched alkanes of at least 4 members (excludes halogenated alkanes) is 36. The topological polar surface area (TPSA) is 101 Å². The zero-order chi connectivity index (χ0) is 44.9. The van der Waals surface area contributed by atoms with E-state index in [1.165, 1.54) is 204 Å². The number of rotatable bonds is 50. The van der Waals surface area contributed by atoms with E-state index in [9.17, 15) is 24.3 Å². The molecule has 0 aliphatic carbocycles. The Balaban J connectivity index is 4.75. The lowest BCUT2D eigenvalue weighted by atomic mass is 9.89. The molecule has 0 heterocycles. The summed E-state index contributed by atoms with van der Waals surface area (Å²) in [6.07, 6.45) is 49.5.